The molecular weight excluding hydrogens is 306 g/mol. The largest absolute Gasteiger partial charge is 0.339 e. The molecule has 0 atom stereocenters. The maximum absolute atomic E-state index is 12.4. The average Bonchev–Trinajstić information content (AvgIpc) is 3.10. The van der Waals surface area contributed by atoms with Gasteiger partial charge in [0.2, 0.25) is 0 Å². The summed E-state index contributed by atoms with van der Waals surface area (Å²) in [6, 6.07) is 4.16. The molecule has 7 nitrogen and oxygen atoms in total. The number of carbonyl (C=O) groups excluding carboxylic acids is 1. The lowest BCUT2D eigenvalue weighted by atomic mass is 9.92. The van der Waals surface area contributed by atoms with Crippen LogP contribution in [0.3, 0.4) is 0 Å². The van der Waals surface area contributed by atoms with Crippen LogP contribution in [0.5, 0.6) is 0 Å². The molecule has 0 saturated carbocycles. The molecule has 1 saturated heterocycles. The highest BCUT2D eigenvalue weighted by atomic mass is 16.5. The minimum Gasteiger partial charge on any atom is -0.339 e. The van der Waals surface area contributed by atoms with E-state index in [0.29, 0.717) is 17.5 Å². The SMILES string of the molecule is CN(C)c1nc(CCC2CCN(C(=O)c3cccnc3)CC2)no1. The Morgan fingerprint density at radius 1 is 1.38 bits per heavy atom. The van der Waals surface area contributed by atoms with E-state index in [4.69, 9.17) is 4.52 Å². The number of amides is 1. The van der Waals surface area contributed by atoms with Crippen LogP contribution in [0, 0.1) is 5.92 Å². The van der Waals surface area contributed by atoms with Crippen molar-refractivity contribution in [2.75, 3.05) is 32.1 Å². The van der Waals surface area contributed by atoms with E-state index in [1.807, 2.05) is 25.1 Å². The van der Waals surface area contributed by atoms with E-state index in [9.17, 15) is 4.79 Å². The van der Waals surface area contributed by atoms with Crippen molar-refractivity contribution in [2.45, 2.75) is 25.7 Å². The van der Waals surface area contributed by atoms with Gasteiger partial charge >= 0.3 is 6.01 Å². The van der Waals surface area contributed by atoms with Crippen molar-refractivity contribution in [1.82, 2.24) is 20.0 Å². The van der Waals surface area contributed by atoms with Gasteiger partial charge in [-0.2, -0.15) is 4.98 Å². The molecule has 1 fully saturated rings. The van der Waals surface area contributed by atoms with E-state index in [2.05, 4.69) is 15.1 Å². The van der Waals surface area contributed by atoms with Crippen LogP contribution in [0.2, 0.25) is 0 Å². The first-order valence-electron chi connectivity index (χ1n) is 8.32. The summed E-state index contributed by atoms with van der Waals surface area (Å²) in [5.41, 5.74) is 0.666. The van der Waals surface area contributed by atoms with E-state index in [-0.39, 0.29) is 5.91 Å². The standard InChI is InChI=1S/C17H23N5O2/c1-21(2)17-19-15(20-24-17)6-5-13-7-10-22(11-8-13)16(23)14-4-3-9-18-12-14/h3-4,9,12-13H,5-8,10-11H2,1-2H3. The molecule has 0 aliphatic carbocycles. The molecule has 7 heteroatoms. The van der Waals surface area contributed by atoms with Gasteiger partial charge < -0.3 is 14.3 Å². The summed E-state index contributed by atoms with van der Waals surface area (Å²) < 4.78 is 5.17. The van der Waals surface area contributed by atoms with Crippen LogP contribution in [0.15, 0.2) is 29.0 Å². The maximum Gasteiger partial charge on any atom is 0.323 e. The van der Waals surface area contributed by atoms with Gasteiger partial charge in [-0.3, -0.25) is 9.78 Å². The zero-order valence-corrected chi connectivity index (χ0v) is 14.2. The van der Waals surface area contributed by atoms with Crippen molar-refractivity contribution in [2.24, 2.45) is 5.92 Å². The molecule has 1 aliphatic heterocycles. The predicted molar refractivity (Wildman–Crippen MR) is 89.8 cm³/mol. The lowest BCUT2D eigenvalue weighted by molar-refractivity contribution is 0.0686. The summed E-state index contributed by atoms with van der Waals surface area (Å²) in [4.78, 5) is 24.5. The molecule has 3 heterocycles. The minimum atomic E-state index is 0.0790. The van der Waals surface area contributed by atoms with Gasteiger partial charge in [0.15, 0.2) is 5.82 Å². The number of aromatic nitrogens is 3. The Balaban J connectivity index is 1.46. The smallest absolute Gasteiger partial charge is 0.323 e. The lowest BCUT2D eigenvalue weighted by Gasteiger charge is -2.31. The van der Waals surface area contributed by atoms with Gasteiger partial charge in [-0.05, 0) is 37.3 Å². The number of nitrogens with zero attached hydrogens (tertiary/aromatic N) is 5. The number of hydrogen-bond acceptors (Lipinski definition) is 6. The van der Waals surface area contributed by atoms with Gasteiger partial charge in [-0.15, -0.1) is 0 Å². The number of pyridine rings is 1. The fraction of sp³-hybridized carbons (Fsp3) is 0.529. The van der Waals surface area contributed by atoms with E-state index < -0.39 is 0 Å². The Kier molecular flexibility index (Phi) is 5.08. The van der Waals surface area contributed by atoms with E-state index in [0.717, 1.165) is 44.6 Å². The molecule has 2 aromatic rings. The molecule has 3 rings (SSSR count). The average molecular weight is 329 g/mol. The first-order chi connectivity index (χ1) is 11.6. The molecule has 2 aromatic heterocycles. The van der Waals surface area contributed by atoms with E-state index >= 15 is 0 Å². The number of likely N-dealkylation sites (tertiary alicyclic amines) is 1. The Morgan fingerprint density at radius 3 is 2.79 bits per heavy atom. The molecular formula is C17H23N5O2. The molecule has 0 unspecified atom stereocenters. The van der Waals surface area contributed by atoms with Crippen molar-refractivity contribution in [3.63, 3.8) is 0 Å². The van der Waals surface area contributed by atoms with Crippen LogP contribution in [-0.2, 0) is 6.42 Å². The van der Waals surface area contributed by atoms with Crippen molar-refractivity contribution in [3.05, 3.63) is 35.9 Å². The number of carbonyl (C=O) groups is 1. The minimum absolute atomic E-state index is 0.0790. The highest BCUT2D eigenvalue weighted by molar-refractivity contribution is 5.93. The number of rotatable bonds is 5. The summed E-state index contributed by atoms with van der Waals surface area (Å²) in [5.74, 6) is 1.44. The monoisotopic (exact) mass is 329 g/mol. The number of piperidine rings is 1. The topological polar surface area (TPSA) is 75.4 Å². The number of aryl methyl sites for hydroxylation is 1. The molecule has 0 bridgehead atoms. The second-order valence-corrected chi connectivity index (χ2v) is 6.40. The van der Waals surface area contributed by atoms with Crippen LogP contribution in [-0.4, -0.2) is 53.1 Å². The van der Waals surface area contributed by atoms with Crippen LogP contribution in [0.25, 0.3) is 0 Å². The van der Waals surface area contributed by atoms with Crippen molar-refractivity contribution in [3.8, 4) is 0 Å². The highest BCUT2D eigenvalue weighted by Gasteiger charge is 2.24. The van der Waals surface area contributed by atoms with Gasteiger partial charge in [0, 0.05) is 46.0 Å². The molecule has 0 aromatic carbocycles. The predicted octanol–water partition coefficient (Wildman–Crippen LogP) is 2.02. The third kappa shape index (κ3) is 3.90. The van der Waals surface area contributed by atoms with Gasteiger partial charge in [0.1, 0.15) is 0 Å². The first-order valence-corrected chi connectivity index (χ1v) is 8.32. The van der Waals surface area contributed by atoms with Crippen LogP contribution < -0.4 is 4.90 Å². The van der Waals surface area contributed by atoms with Crippen LogP contribution >= 0.6 is 0 Å². The van der Waals surface area contributed by atoms with Gasteiger partial charge in [-0.1, -0.05) is 5.16 Å². The summed E-state index contributed by atoms with van der Waals surface area (Å²) in [7, 11) is 3.76. The third-order valence-corrected chi connectivity index (χ3v) is 4.43. The van der Waals surface area contributed by atoms with Crippen molar-refractivity contribution in [1.29, 1.82) is 0 Å². The van der Waals surface area contributed by atoms with Crippen LogP contribution in [0.4, 0.5) is 6.01 Å². The van der Waals surface area contributed by atoms with Gasteiger partial charge in [-0.25, -0.2) is 0 Å². The molecule has 24 heavy (non-hydrogen) atoms. The summed E-state index contributed by atoms with van der Waals surface area (Å²) in [6.07, 6.45) is 7.20. The Hall–Kier alpha value is -2.44. The third-order valence-electron chi connectivity index (χ3n) is 4.43. The summed E-state index contributed by atoms with van der Waals surface area (Å²) in [6.45, 7) is 1.60. The lowest BCUT2D eigenvalue weighted by Crippen LogP contribution is -2.38. The van der Waals surface area contributed by atoms with Gasteiger partial charge in [0.05, 0.1) is 5.56 Å². The Labute approximate surface area is 141 Å². The molecule has 0 N–H and O–H groups in total. The molecule has 1 amide bonds. The molecule has 0 spiro atoms. The molecule has 128 valence electrons. The van der Waals surface area contributed by atoms with Crippen LogP contribution in [0.1, 0.15) is 35.4 Å². The zero-order chi connectivity index (χ0) is 16.9. The second-order valence-electron chi connectivity index (χ2n) is 6.40. The molecule has 0 radical (unpaired) electrons. The Bertz CT molecular complexity index is 663. The zero-order valence-electron chi connectivity index (χ0n) is 14.2. The Morgan fingerprint density at radius 2 is 2.17 bits per heavy atom. The van der Waals surface area contributed by atoms with Crippen molar-refractivity contribution < 1.29 is 9.32 Å². The summed E-state index contributed by atoms with van der Waals surface area (Å²) in [5, 5.41) is 4.01. The highest BCUT2D eigenvalue weighted by Crippen LogP contribution is 2.23. The normalized spacial score (nSPS) is 15.5. The fourth-order valence-electron chi connectivity index (χ4n) is 2.96. The summed E-state index contributed by atoms with van der Waals surface area (Å²) >= 11 is 0. The molecule has 1 aliphatic rings. The fourth-order valence-corrected chi connectivity index (χ4v) is 2.96. The first kappa shape index (κ1) is 16.4. The van der Waals surface area contributed by atoms with Gasteiger partial charge in [0.25, 0.3) is 5.91 Å². The van der Waals surface area contributed by atoms with Crippen molar-refractivity contribution >= 4 is 11.9 Å². The quantitative estimate of drug-likeness (QED) is 0.835. The second kappa shape index (κ2) is 7.42. The number of hydrogen-bond donors (Lipinski definition) is 0. The van der Waals surface area contributed by atoms with E-state index in [1.165, 1.54) is 0 Å². The van der Waals surface area contributed by atoms with E-state index in [1.54, 1.807) is 23.4 Å². The maximum atomic E-state index is 12.4. The number of anilines is 1.